The number of benzene rings is 3. The molecule has 4 rings (SSSR count). The van der Waals surface area contributed by atoms with Gasteiger partial charge in [0.05, 0.1) is 5.02 Å². The van der Waals surface area contributed by atoms with Crippen LogP contribution >= 0.6 is 27.5 Å². The number of carbonyl (C=O) groups excluding carboxylic acids is 2. The van der Waals surface area contributed by atoms with Crippen LogP contribution < -0.4 is 10.1 Å². The predicted octanol–water partition coefficient (Wildman–Crippen LogP) is 6.88. The lowest BCUT2D eigenvalue weighted by Crippen LogP contribution is -2.53. The van der Waals surface area contributed by atoms with Crippen LogP contribution in [-0.4, -0.2) is 35.4 Å². The number of aryl methyl sites for hydroxylation is 1. The van der Waals surface area contributed by atoms with Crippen LogP contribution in [0.15, 0.2) is 77.3 Å². The molecule has 1 aliphatic rings. The quantitative estimate of drug-likeness (QED) is 0.277. The number of nitrogens with zero attached hydrogens (tertiary/aromatic N) is 1. The second-order valence-electron chi connectivity index (χ2n) is 9.86. The second-order valence-corrected chi connectivity index (χ2v) is 11.2. The van der Waals surface area contributed by atoms with E-state index in [1.807, 2.05) is 67.6 Å². The zero-order valence-electron chi connectivity index (χ0n) is 21.7. The van der Waals surface area contributed by atoms with Gasteiger partial charge in [-0.25, -0.2) is 0 Å². The maximum atomic E-state index is 13.8. The van der Waals surface area contributed by atoms with Gasteiger partial charge in [-0.1, -0.05) is 101 Å². The van der Waals surface area contributed by atoms with Gasteiger partial charge >= 0.3 is 0 Å². The Morgan fingerprint density at radius 2 is 1.74 bits per heavy atom. The lowest BCUT2D eigenvalue weighted by atomic mass is 9.94. The van der Waals surface area contributed by atoms with Gasteiger partial charge in [0.1, 0.15) is 11.8 Å². The van der Waals surface area contributed by atoms with Crippen LogP contribution in [0.3, 0.4) is 0 Å². The Hall–Kier alpha value is -2.83. The van der Waals surface area contributed by atoms with E-state index < -0.39 is 6.04 Å². The van der Waals surface area contributed by atoms with Gasteiger partial charge in [0.15, 0.2) is 6.61 Å². The number of nitrogens with one attached hydrogen (secondary N) is 1. The average Bonchev–Trinajstić information content (AvgIpc) is 2.92. The molecule has 0 radical (unpaired) electrons. The van der Waals surface area contributed by atoms with Crippen LogP contribution in [0.5, 0.6) is 5.75 Å². The van der Waals surface area contributed by atoms with Gasteiger partial charge in [-0.2, -0.15) is 0 Å². The van der Waals surface area contributed by atoms with Crippen LogP contribution in [0.1, 0.15) is 48.8 Å². The Bertz CT molecular complexity index is 1230. The van der Waals surface area contributed by atoms with Gasteiger partial charge in [0.25, 0.3) is 5.91 Å². The molecular weight excluding hydrogens is 564 g/mol. The molecule has 1 N–H and O–H groups in total. The van der Waals surface area contributed by atoms with Gasteiger partial charge in [-0.15, -0.1) is 0 Å². The first kappa shape index (κ1) is 28.2. The molecule has 1 aliphatic carbocycles. The molecule has 1 saturated carbocycles. The van der Waals surface area contributed by atoms with Crippen molar-refractivity contribution >= 4 is 39.3 Å². The third-order valence-electron chi connectivity index (χ3n) is 7.07. The highest BCUT2D eigenvalue weighted by Crippen LogP contribution is 2.28. The predicted molar refractivity (Wildman–Crippen MR) is 155 cm³/mol. The highest BCUT2D eigenvalue weighted by molar-refractivity contribution is 9.10. The van der Waals surface area contributed by atoms with Crippen LogP contribution in [0, 0.1) is 6.92 Å². The third kappa shape index (κ3) is 7.84. The van der Waals surface area contributed by atoms with Crippen molar-refractivity contribution in [2.75, 3.05) is 6.61 Å². The van der Waals surface area contributed by atoms with E-state index in [0.29, 0.717) is 23.7 Å². The first-order chi connectivity index (χ1) is 18.4. The lowest BCUT2D eigenvalue weighted by molar-refractivity contribution is -0.143. The minimum atomic E-state index is -0.685. The fraction of sp³-hybridized carbons (Fsp3) is 0.355. The monoisotopic (exact) mass is 596 g/mol. The van der Waals surface area contributed by atoms with Gasteiger partial charge in [-0.3, -0.25) is 9.59 Å². The Labute approximate surface area is 238 Å². The Balaban J connectivity index is 1.62. The van der Waals surface area contributed by atoms with E-state index in [2.05, 4.69) is 21.2 Å². The molecule has 0 bridgehead atoms. The molecule has 0 aliphatic heterocycles. The molecule has 0 aromatic heterocycles. The fourth-order valence-electron chi connectivity index (χ4n) is 4.88. The van der Waals surface area contributed by atoms with Crippen molar-refractivity contribution in [3.05, 3.63) is 99.0 Å². The molecular formula is C31H34BrClN2O3. The summed E-state index contributed by atoms with van der Waals surface area (Å²) in [6.07, 6.45) is 5.79. The summed E-state index contributed by atoms with van der Waals surface area (Å²) in [4.78, 5) is 29.3. The number of hydrogen-bond acceptors (Lipinski definition) is 3. The van der Waals surface area contributed by atoms with Crippen molar-refractivity contribution in [3.63, 3.8) is 0 Å². The number of hydrogen-bond donors (Lipinski definition) is 1. The molecule has 0 unspecified atom stereocenters. The lowest BCUT2D eigenvalue weighted by Gasteiger charge is -2.33. The minimum absolute atomic E-state index is 0.121. The molecule has 5 nitrogen and oxygen atoms in total. The third-order valence-corrected chi connectivity index (χ3v) is 7.86. The number of rotatable bonds is 10. The van der Waals surface area contributed by atoms with Gasteiger partial charge in [-0.05, 0) is 54.7 Å². The van der Waals surface area contributed by atoms with E-state index in [1.54, 1.807) is 17.0 Å². The molecule has 3 aromatic rings. The molecule has 0 spiro atoms. The Morgan fingerprint density at radius 1 is 1.03 bits per heavy atom. The van der Waals surface area contributed by atoms with E-state index in [0.717, 1.165) is 46.8 Å². The fourth-order valence-corrected chi connectivity index (χ4v) is 5.61. The minimum Gasteiger partial charge on any atom is -0.482 e. The van der Waals surface area contributed by atoms with E-state index in [9.17, 15) is 9.59 Å². The summed E-state index contributed by atoms with van der Waals surface area (Å²) in [5, 5.41) is 3.67. The van der Waals surface area contributed by atoms with Gasteiger partial charge in [0, 0.05) is 23.5 Å². The van der Waals surface area contributed by atoms with Crippen LogP contribution in [-0.2, 0) is 22.6 Å². The largest absolute Gasteiger partial charge is 0.482 e. The smallest absolute Gasteiger partial charge is 0.261 e. The van der Waals surface area contributed by atoms with Crippen molar-refractivity contribution in [2.24, 2.45) is 0 Å². The second kappa shape index (κ2) is 13.8. The van der Waals surface area contributed by atoms with Crippen LogP contribution in [0.2, 0.25) is 5.02 Å². The summed E-state index contributed by atoms with van der Waals surface area (Å²) in [6, 6.07) is 22.5. The van der Waals surface area contributed by atoms with E-state index >= 15 is 0 Å². The molecule has 0 saturated heterocycles. The number of amides is 2. The van der Waals surface area contributed by atoms with E-state index in [1.165, 1.54) is 6.42 Å². The van der Waals surface area contributed by atoms with E-state index in [4.69, 9.17) is 16.3 Å². The van der Waals surface area contributed by atoms with Crippen molar-refractivity contribution in [3.8, 4) is 5.75 Å². The number of halogens is 2. The van der Waals surface area contributed by atoms with Gasteiger partial charge < -0.3 is 15.0 Å². The molecule has 2 amide bonds. The standard InChI is InChI=1S/C31H34BrClN2O3/c1-22-10-8-9-13-24(22)20-35(30(36)21-38-29-17-16-25(32)19-27(29)33)28(18-23-11-4-2-5-12-23)31(37)34-26-14-6-3-7-15-26/h2,4-5,8-13,16-17,19,26,28H,3,6-7,14-15,18,20-21H2,1H3,(H,34,37)/t28-/m1/s1. The summed E-state index contributed by atoms with van der Waals surface area (Å²) in [7, 11) is 0. The SMILES string of the molecule is Cc1ccccc1CN(C(=O)COc1ccc(Br)cc1Cl)[C@H](Cc1ccccc1)C(=O)NC1CCCCC1. The maximum Gasteiger partial charge on any atom is 0.261 e. The molecule has 200 valence electrons. The van der Waals surface area contributed by atoms with E-state index in [-0.39, 0.29) is 24.5 Å². The molecule has 7 heteroatoms. The molecule has 0 heterocycles. The zero-order valence-corrected chi connectivity index (χ0v) is 24.0. The zero-order chi connectivity index (χ0) is 26.9. The summed E-state index contributed by atoms with van der Waals surface area (Å²) in [6.45, 7) is 2.10. The topological polar surface area (TPSA) is 58.6 Å². The average molecular weight is 598 g/mol. The van der Waals surface area contributed by atoms with Crippen molar-refractivity contribution in [1.82, 2.24) is 10.2 Å². The summed E-state index contributed by atoms with van der Waals surface area (Å²) < 4.78 is 6.68. The Morgan fingerprint density at radius 3 is 2.45 bits per heavy atom. The maximum absolute atomic E-state index is 13.8. The first-order valence-electron chi connectivity index (χ1n) is 13.2. The highest BCUT2D eigenvalue weighted by Gasteiger charge is 2.32. The number of carbonyl (C=O) groups is 2. The Kier molecular flexibility index (Phi) is 10.2. The van der Waals surface area contributed by atoms with Crippen molar-refractivity contribution < 1.29 is 14.3 Å². The van der Waals surface area contributed by atoms with Crippen LogP contribution in [0.25, 0.3) is 0 Å². The molecule has 1 fully saturated rings. The van der Waals surface area contributed by atoms with Crippen molar-refractivity contribution in [2.45, 2.75) is 64.1 Å². The molecule has 1 atom stereocenters. The summed E-state index contributed by atoms with van der Waals surface area (Å²) >= 11 is 9.72. The van der Waals surface area contributed by atoms with Crippen molar-refractivity contribution in [1.29, 1.82) is 0 Å². The first-order valence-corrected chi connectivity index (χ1v) is 14.3. The number of ether oxygens (including phenoxy) is 1. The van der Waals surface area contributed by atoms with Crippen LogP contribution in [0.4, 0.5) is 0 Å². The molecule has 38 heavy (non-hydrogen) atoms. The van der Waals surface area contributed by atoms with Gasteiger partial charge in [0.2, 0.25) is 5.91 Å². The normalized spacial score (nSPS) is 14.5. The molecule has 3 aromatic carbocycles. The summed E-state index contributed by atoms with van der Waals surface area (Å²) in [5.41, 5.74) is 3.05. The highest BCUT2D eigenvalue weighted by atomic mass is 79.9. The summed E-state index contributed by atoms with van der Waals surface area (Å²) in [5.74, 6) is 0.0293.